The van der Waals surface area contributed by atoms with Crippen LogP contribution in [0.1, 0.15) is 39.0 Å². The van der Waals surface area contributed by atoms with E-state index in [4.69, 9.17) is 0 Å². The van der Waals surface area contributed by atoms with Gasteiger partial charge in [-0.25, -0.2) is 0 Å². The third-order valence-corrected chi connectivity index (χ3v) is 5.90. The summed E-state index contributed by atoms with van der Waals surface area (Å²) < 4.78 is 0. The molecule has 2 saturated heterocycles. The van der Waals surface area contributed by atoms with Crippen LogP contribution in [0.2, 0.25) is 0 Å². The zero-order valence-corrected chi connectivity index (χ0v) is 18.0. The van der Waals surface area contributed by atoms with Crippen LogP contribution < -0.4 is 10.2 Å². The van der Waals surface area contributed by atoms with Crippen molar-refractivity contribution in [2.24, 2.45) is 11.8 Å². The van der Waals surface area contributed by atoms with Gasteiger partial charge >= 0.3 is 0 Å². The van der Waals surface area contributed by atoms with Gasteiger partial charge in [-0.1, -0.05) is 6.92 Å². The number of likely N-dealkylation sites (N-methyl/N-ethyl adjacent to an activating group) is 1. The van der Waals surface area contributed by atoms with Crippen LogP contribution in [0.25, 0.3) is 0 Å². The van der Waals surface area contributed by atoms with Crippen LogP contribution in [0.15, 0.2) is 18.3 Å². The third kappa shape index (κ3) is 6.47. The fourth-order valence-corrected chi connectivity index (χ4v) is 4.14. The molecule has 1 aromatic heterocycles. The van der Waals surface area contributed by atoms with Gasteiger partial charge in [0.1, 0.15) is 0 Å². The summed E-state index contributed by atoms with van der Waals surface area (Å²) in [6.45, 7) is 6.27. The SMILES string of the molecule is CC(CC(=O)N(C)C1CCCN(c2cccnn2)C1)C1CCNCC1.Cl.Cl. The molecule has 0 spiro atoms. The van der Waals surface area contributed by atoms with Crippen molar-refractivity contribution in [3.05, 3.63) is 18.3 Å². The van der Waals surface area contributed by atoms with E-state index in [1.165, 1.54) is 12.8 Å². The van der Waals surface area contributed by atoms with E-state index in [9.17, 15) is 4.79 Å². The van der Waals surface area contributed by atoms with Crippen LogP contribution >= 0.6 is 24.8 Å². The molecule has 27 heavy (non-hydrogen) atoms. The second kappa shape index (κ2) is 11.7. The molecule has 2 aliphatic rings. The van der Waals surface area contributed by atoms with E-state index in [-0.39, 0.29) is 36.8 Å². The summed E-state index contributed by atoms with van der Waals surface area (Å²) >= 11 is 0. The Morgan fingerprint density at radius 2 is 2.07 bits per heavy atom. The van der Waals surface area contributed by atoms with Gasteiger partial charge in [-0.05, 0) is 62.7 Å². The second-order valence-corrected chi connectivity index (χ2v) is 7.60. The van der Waals surface area contributed by atoms with Gasteiger partial charge in [-0.3, -0.25) is 4.79 Å². The normalized spacial score (nSPS) is 21.6. The Bertz CT molecular complexity index is 556. The van der Waals surface area contributed by atoms with Gasteiger partial charge in [0.15, 0.2) is 5.82 Å². The maximum Gasteiger partial charge on any atom is 0.222 e. The van der Waals surface area contributed by atoms with Gasteiger partial charge in [0, 0.05) is 38.8 Å². The highest BCUT2D eigenvalue weighted by atomic mass is 35.5. The Morgan fingerprint density at radius 3 is 2.74 bits per heavy atom. The lowest BCUT2D eigenvalue weighted by atomic mass is 9.84. The molecule has 0 aromatic carbocycles. The van der Waals surface area contributed by atoms with Crippen LogP contribution in [0.3, 0.4) is 0 Å². The maximum absolute atomic E-state index is 12.8. The minimum atomic E-state index is 0. The first kappa shape index (κ1) is 23.9. The first-order valence-corrected chi connectivity index (χ1v) is 9.64. The van der Waals surface area contributed by atoms with E-state index in [1.54, 1.807) is 6.20 Å². The van der Waals surface area contributed by atoms with Crippen LogP contribution in [0.4, 0.5) is 5.82 Å². The van der Waals surface area contributed by atoms with Gasteiger partial charge in [0.05, 0.1) is 0 Å². The maximum atomic E-state index is 12.8. The zero-order chi connectivity index (χ0) is 17.6. The average Bonchev–Trinajstić information content (AvgIpc) is 2.68. The molecule has 0 aliphatic carbocycles. The van der Waals surface area contributed by atoms with E-state index >= 15 is 0 Å². The van der Waals surface area contributed by atoms with Crippen molar-refractivity contribution in [1.82, 2.24) is 20.4 Å². The van der Waals surface area contributed by atoms with Crippen molar-refractivity contribution in [3.63, 3.8) is 0 Å². The summed E-state index contributed by atoms with van der Waals surface area (Å²) in [7, 11) is 1.97. The lowest BCUT2D eigenvalue weighted by Crippen LogP contribution is -2.49. The fourth-order valence-electron chi connectivity index (χ4n) is 4.14. The number of anilines is 1. The minimum Gasteiger partial charge on any atom is -0.353 e. The van der Waals surface area contributed by atoms with E-state index < -0.39 is 0 Å². The molecule has 6 nitrogen and oxygen atoms in total. The molecule has 2 unspecified atom stereocenters. The number of piperidine rings is 2. The molecule has 154 valence electrons. The van der Waals surface area contributed by atoms with Gasteiger partial charge in [-0.2, -0.15) is 5.10 Å². The molecule has 1 N–H and O–H groups in total. The lowest BCUT2D eigenvalue weighted by Gasteiger charge is -2.38. The highest BCUT2D eigenvalue weighted by molar-refractivity contribution is 5.85. The molecule has 3 heterocycles. The molecule has 0 saturated carbocycles. The van der Waals surface area contributed by atoms with Gasteiger partial charge in [0.2, 0.25) is 5.91 Å². The molecule has 8 heteroatoms. The predicted octanol–water partition coefficient (Wildman–Crippen LogP) is 2.77. The molecular formula is C19H33Cl2N5O. The van der Waals surface area contributed by atoms with E-state index in [1.807, 2.05) is 24.1 Å². The number of nitrogens with zero attached hydrogens (tertiary/aromatic N) is 4. The Labute approximate surface area is 175 Å². The number of halogens is 2. The number of amides is 1. The molecule has 3 rings (SSSR count). The average molecular weight is 418 g/mol. The minimum absolute atomic E-state index is 0. The van der Waals surface area contributed by atoms with E-state index in [0.29, 0.717) is 18.3 Å². The quantitative estimate of drug-likeness (QED) is 0.797. The predicted molar refractivity (Wildman–Crippen MR) is 114 cm³/mol. The van der Waals surface area contributed by atoms with Crippen LogP contribution in [0, 0.1) is 11.8 Å². The Hall–Kier alpha value is -1.11. The molecule has 0 bridgehead atoms. The first-order valence-electron chi connectivity index (χ1n) is 9.64. The molecule has 0 radical (unpaired) electrons. The Balaban J connectivity index is 0.00000182. The first-order chi connectivity index (χ1) is 12.1. The molecule has 2 fully saturated rings. The van der Waals surface area contributed by atoms with Crippen LogP contribution in [-0.2, 0) is 4.79 Å². The van der Waals surface area contributed by atoms with Crippen molar-refractivity contribution in [3.8, 4) is 0 Å². The van der Waals surface area contributed by atoms with Gasteiger partial charge in [-0.15, -0.1) is 29.9 Å². The number of carbonyl (C=O) groups excluding carboxylic acids is 1. The van der Waals surface area contributed by atoms with E-state index in [0.717, 1.165) is 44.8 Å². The van der Waals surface area contributed by atoms with Crippen molar-refractivity contribution >= 4 is 36.5 Å². The molecule has 1 aromatic rings. The standard InChI is InChI=1S/C19H31N5O.2ClH/c1-15(16-7-10-20-11-8-16)13-19(25)23(2)17-5-4-12-24(14-17)18-6-3-9-21-22-18;;/h3,6,9,15-17,20H,4-5,7-8,10-14H2,1-2H3;2*1H. The number of nitrogens with one attached hydrogen (secondary N) is 1. The monoisotopic (exact) mass is 417 g/mol. The van der Waals surface area contributed by atoms with Crippen molar-refractivity contribution in [1.29, 1.82) is 0 Å². The Morgan fingerprint density at radius 1 is 1.33 bits per heavy atom. The highest BCUT2D eigenvalue weighted by Crippen LogP contribution is 2.26. The lowest BCUT2D eigenvalue weighted by molar-refractivity contribution is -0.133. The number of hydrogen-bond acceptors (Lipinski definition) is 5. The smallest absolute Gasteiger partial charge is 0.222 e. The summed E-state index contributed by atoms with van der Waals surface area (Å²) in [5, 5.41) is 11.6. The van der Waals surface area contributed by atoms with E-state index in [2.05, 4.69) is 27.3 Å². The highest BCUT2D eigenvalue weighted by Gasteiger charge is 2.29. The summed E-state index contributed by atoms with van der Waals surface area (Å²) in [4.78, 5) is 17.0. The fraction of sp³-hybridized carbons (Fsp3) is 0.737. The molecule has 1 amide bonds. The number of hydrogen-bond donors (Lipinski definition) is 1. The summed E-state index contributed by atoms with van der Waals surface area (Å²) in [6, 6.07) is 4.18. The summed E-state index contributed by atoms with van der Waals surface area (Å²) in [5.41, 5.74) is 0. The topological polar surface area (TPSA) is 61.4 Å². The summed E-state index contributed by atoms with van der Waals surface area (Å²) in [5.74, 6) is 2.35. The molecular weight excluding hydrogens is 385 g/mol. The van der Waals surface area contributed by atoms with Crippen molar-refractivity contribution in [2.45, 2.75) is 45.1 Å². The summed E-state index contributed by atoms with van der Waals surface area (Å²) in [6.07, 6.45) is 6.92. The van der Waals surface area contributed by atoms with Crippen LogP contribution in [-0.4, -0.2) is 60.3 Å². The number of aromatic nitrogens is 2. The van der Waals surface area contributed by atoms with Crippen LogP contribution in [0.5, 0.6) is 0 Å². The molecule has 2 aliphatic heterocycles. The van der Waals surface area contributed by atoms with Gasteiger partial charge < -0.3 is 15.1 Å². The number of carbonyl (C=O) groups is 1. The molecule has 2 atom stereocenters. The zero-order valence-electron chi connectivity index (χ0n) is 16.3. The largest absolute Gasteiger partial charge is 0.353 e. The Kier molecular flexibility index (Phi) is 10.3. The van der Waals surface area contributed by atoms with Crippen molar-refractivity contribution < 1.29 is 4.79 Å². The van der Waals surface area contributed by atoms with Crippen molar-refractivity contribution in [2.75, 3.05) is 38.1 Å². The third-order valence-electron chi connectivity index (χ3n) is 5.90. The number of rotatable bonds is 5. The van der Waals surface area contributed by atoms with Gasteiger partial charge in [0.25, 0.3) is 0 Å². The second-order valence-electron chi connectivity index (χ2n) is 7.60.